The Hall–Kier alpha value is -8.40. The summed E-state index contributed by atoms with van der Waals surface area (Å²) in [5.41, 5.74) is 22.9. The fourth-order valence-electron chi connectivity index (χ4n) is 11.3. The average molecular weight is 887 g/mol. The van der Waals surface area contributed by atoms with Gasteiger partial charge in [0.25, 0.3) is 0 Å². The molecular formula is C66H50N2O. The van der Waals surface area contributed by atoms with Gasteiger partial charge in [-0.25, -0.2) is 0 Å². The van der Waals surface area contributed by atoms with Crippen molar-refractivity contribution >= 4 is 56.1 Å². The topological polar surface area (TPSA) is 19.6 Å². The second kappa shape index (κ2) is 15.6. The molecule has 0 amide bonds. The molecule has 3 nitrogen and oxygen atoms in total. The second-order valence-electron chi connectivity index (χ2n) is 19.8. The van der Waals surface area contributed by atoms with E-state index in [9.17, 15) is 0 Å². The minimum absolute atomic E-state index is 0.280. The highest BCUT2D eigenvalue weighted by molar-refractivity contribution is 6.09. The molecule has 0 fully saturated rings. The number of anilines is 6. The number of hydrogen-bond acceptors (Lipinski definition) is 3. The van der Waals surface area contributed by atoms with E-state index in [1.807, 2.05) is 0 Å². The van der Waals surface area contributed by atoms with E-state index in [1.54, 1.807) is 0 Å². The Morgan fingerprint density at radius 1 is 0.275 bits per heavy atom. The van der Waals surface area contributed by atoms with E-state index in [0.29, 0.717) is 0 Å². The molecule has 0 N–H and O–H groups in total. The lowest BCUT2D eigenvalue weighted by Gasteiger charge is -2.42. The molecule has 0 atom stereocenters. The van der Waals surface area contributed by atoms with Crippen molar-refractivity contribution in [3.8, 4) is 44.5 Å². The first-order chi connectivity index (χ1) is 33.7. The third-order valence-electron chi connectivity index (χ3n) is 15.0. The van der Waals surface area contributed by atoms with E-state index >= 15 is 0 Å². The molecule has 0 aliphatic carbocycles. The molecule has 11 aromatic rings. The number of hydrogen-bond donors (Lipinski definition) is 0. The second-order valence-corrected chi connectivity index (χ2v) is 19.8. The van der Waals surface area contributed by atoms with Crippen LogP contribution >= 0.6 is 0 Å². The van der Waals surface area contributed by atoms with Crippen LogP contribution in [0.15, 0.2) is 235 Å². The Labute approximate surface area is 404 Å². The van der Waals surface area contributed by atoms with Crippen molar-refractivity contribution in [1.82, 2.24) is 0 Å². The van der Waals surface area contributed by atoms with Gasteiger partial charge in [0.05, 0.1) is 22.7 Å². The summed E-state index contributed by atoms with van der Waals surface area (Å²) in [5, 5.41) is 2.16. The Kier molecular flexibility index (Phi) is 9.22. The van der Waals surface area contributed by atoms with Gasteiger partial charge in [-0.05, 0) is 152 Å². The summed E-state index contributed by atoms with van der Waals surface area (Å²) in [5.74, 6) is 0. The van der Waals surface area contributed by atoms with Crippen LogP contribution in [0.2, 0.25) is 0 Å². The lowest BCUT2D eigenvalue weighted by molar-refractivity contribution is 0.632. The zero-order valence-electron chi connectivity index (χ0n) is 39.2. The van der Waals surface area contributed by atoms with Gasteiger partial charge in [-0.1, -0.05) is 173 Å². The Bertz CT molecular complexity index is 3340. The first-order valence-corrected chi connectivity index (χ1v) is 24.1. The third-order valence-corrected chi connectivity index (χ3v) is 15.0. The van der Waals surface area contributed by atoms with Gasteiger partial charge in [-0.15, -0.1) is 0 Å². The number of furan rings is 1. The van der Waals surface area contributed by atoms with Crippen molar-refractivity contribution in [2.75, 3.05) is 9.80 Å². The van der Waals surface area contributed by atoms with E-state index < -0.39 is 0 Å². The fraction of sp³-hybridized carbons (Fsp3) is 0.0909. The number of fused-ring (bicyclic) bond motifs is 7. The maximum Gasteiger partial charge on any atom is 0.135 e. The predicted molar refractivity (Wildman–Crippen MR) is 289 cm³/mol. The van der Waals surface area contributed by atoms with Crippen LogP contribution in [0.3, 0.4) is 0 Å². The summed E-state index contributed by atoms with van der Waals surface area (Å²) in [6.07, 6.45) is 0. The molecule has 0 spiro atoms. The van der Waals surface area contributed by atoms with Crippen LogP contribution in [-0.2, 0) is 10.8 Å². The smallest absolute Gasteiger partial charge is 0.135 e. The van der Waals surface area contributed by atoms with Crippen LogP contribution in [-0.4, -0.2) is 0 Å². The van der Waals surface area contributed by atoms with Gasteiger partial charge in [-0.2, -0.15) is 0 Å². The SMILES string of the molecule is CC1(C)c2cc(-c3ccccc3)ccc2N(c2ccc3oc4ccc(N5c6ccc(-c7ccccc7)cc6C(C)(C)c6cc(-c7ccccc7)ccc65)cc4c3c2)c2ccc(-c3ccccc3)cc21. The molecule has 330 valence electrons. The summed E-state index contributed by atoms with van der Waals surface area (Å²) in [7, 11) is 0. The largest absolute Gasteiger partial charge is 0.456 e. The maximum absolute atomic E-state index is 6.70. The van der Waals surface area contributed by atoms with Crippen molar-refractivity contribution in [3.63, 3.8) is 0 Å². The average Bonchev–Trinajstić information content (AvgIpc) is 3.77. The van der Waals surface area contributed by atoms with Crippen LogP contribution in [0.1, 0.15) is 49.9 Å². The molecule has 0 bridgehead atoms. The Balaban J connectivity index is 0.987. The Morgan fingerprint density at radius 2 is 0.551 bits per heavy atom. The maximum atomic E-state index is 6.70. The fourth-order valence-corrected chi connectivity index (χ4v) is 11.3. The molecule has 1 aromatic heterocycles. The first-order valence-electron chi connectivity index (χ1n) is 24.1. The van der Waals surface area contributed by atoms with Crippen molar-refractivity contribution < 1.29 is 4.42 Å². The van der Waals surface area contributed by atoms with Gasteiger partial charge in [0.15, 0.2) is 0 Å². The van der Waals surface area contributed by atoms with E-state index in [-0.39, 0.29) is 10.8 Å². The van der Waals surface area contributed by atoms with Gasteiger partial charge < -0.3 is 14.2 Å². The van der Waals surface area contributed by atoms with Gasteiger partial charge in [0, 0.05) is 33.0 Å². The van der Waals surface area contributed by atoms with Gasteiger partial charge >= 0.3 is 0 Å². The van der Waals surface area contributed by atoms with Crippen molar-refractivity contribution in [3.05, 3.63) is 253 Å². The van der Waals surface area contributed by atoms with Crippen LogP contribution in [0.5, 0.6) is 0 Å². The lowest BCUT2D eigenvalue weighted by Crippen LogP contribution is -2.30. The van der Waals surface area contributed by atoms with Crippen molar-refractivity contribution in [1.29, 1.82) is 0 Å². The molecule has 0 saturated heterocycles. The molecule has 69 heavy (non-hydrogen) atoms. The molecule has 2 aliphatic rings. The van der Waals surface area contributed by atoms with E-state index in [0.717, 1.165) is 33.3 Å². The zero-order chi connectivity index (χ0) is 46.4. The monoisotopic (exact) mass is 886 g/mol. The minimum Gasteiger partial charge on any atom is -0.456 e. The van der Waals surface area contributed by atoms with Crippen LogP contribution in [0.25, 0.3) is 66.4 Å². The number of benzene rings is 10. The summed E-state index contributed by atoms with van der Waals surface area (Å²) in [4.78, 5) is 4.94. The molecule has 13 rings (SSSR count). The molecule has 3 heteroatoms. The molecule has 0 unspecified atom stereocenters. The van der Waals surface area contributed by atoms with E-state index in [2.05, 4.69) is 268 Å². The van der Waals surface area contributed by atoms with E-state index in [4.69, 9.17) is 4.42 Å². The third kappa shape index (κ3) is 6.56. The normalized spacial score (nSPS) is 14.3. The van der Waals surface area contributed by atoms with Gasteiger partial charge in [0.2, 0.25) is 0 Å². The highest BCUT2D eigenvalue weighted by Crippen LogP contribution is 2.56. The molecule has 10 aromatic carbocycles. The molecule has 3 heterocycles. The van der Waals surface area contributed by atoms with Crippen molar-refractivity contribution in [2.45, 2.75) is 38.5 Å². The summed E-state index contributed by atoms with van der Waals surface area (Å²) in [6.45, 7) is 9.51. The van der Waals surface area contributed by atoms with Crippen LogP contribution in [0.4, 0.5) is 34.1 Å². The van der Waals surface area contributed by atoms with Gasteiger partial charge in [0.1, 0.15) is 11.2 Å². The van der Waals surface area contributed by atoms with Crippen molar-refractivity contribution in [2.24, 2.45) is 0 Å². The molecule has 0 saturated carbocycles. The summed E-state index contributed by atoms with van der Waals surface area (Å²) < 4.78 is 6.70. The minimum atomic E-state index is -0.280. The van der Waals surface area contributed by atoms with E-state index in [1.165, 1.54) is 89.5 Å². The van der Waals surface area contributed by atoms with Crippen LogP contribution in [0, 0.1) is 0 Å². The predicted octanol–water partition coefficient (Wildman–Crippen LogP) is 18.5. The first kappa shape index (κ1) is 40.8. The standard InChI is InChI=1S/C66H50N2O/c1-65(2)55-37-47(43-17-9-5-10-18-43)25-31-59(55)67(60-32-26-48(38-56(60)65)44-19-11-6-12-20-44)51-29-35-63-53(41-51)54-42-52(30-36-64(54)69-63)68-61-33-27-49(45-21-13-7-14-22-45)39-57(61)66(3,4)58-40-50(28-34-62(58)68)46-23-15-8-16-24-46/h5-42H,1-4H3. The zero-order valence-corrected chi connectivity index (χ0v) is 39.2. The van der Waals surface area contributed by atoms with Gasteiger partial charge in [-0.3, -0.25) is 0 Å². The molecular weight excluding hydrogens is 837 g/mol. The van der Waals surface area contributed by atoms with Crippen LogP contribution < -0.4 is 9.80 Å². The highest BCUT2D eigenvalue weighted by Gasteiger charge is 2.39. The quantitative estimate of drug-likeness (QED) is 0.166. The Morgan fingerprint density at radius 3 is 0.826 bits per heavy atom. The number of nitrogens with zero attached hydrogens (tertiary/aromatic N) is 2. The number of rotatable bonds is 6. The highest BCUT2D eigenvalue weighted by atomic mass is 16.3. The summed E-state index contributed by atoms with van der Waals surface area (Å²) >= 11 is 0. The molecule has 0 radical (unpaired) electrons. The lowest BCUT2D eigenvalue weighted by atomic mass is 9.72. The molecule has 2 aliphatic heterocycles. The summed E-state index contributed by atoms with van der Waals surface area (Å²) in [6, 6.07) is 84.4.